The summed E-state index contributed by atoms with van der Waals surface area (Å²) in [6.45, 7) is 0.869. The summed E-state index contributed by atoms with van der Waals surface area (Å²) in [7, 11) is 0. The minimum absolute atomic E-state index is 0. The molecule has 1 aliphatic rings. The first kappa shape index (κ1) is 21.7. The number of amides is 2. The fraction of sp³-hybridized carbons (Fsp3) is 0.300. The number of likely N-dealkylation sites (tertiary alicyclic amines) is 1. The summed E-state index contributed by atoms with van der Waals surface area (Å²) in [6, 6.07) is 12.8. The number of nitrogens with zero attached hydrogens (tertiary/aromatic N) is 1. The number of hydrogen-bond donors (Lipinski definition) is 2. The second kappa shape index (κ2) is 10.1. The van der Waals surface area contributed by atoms with Crippen molar-refractivity contribution in [3.8, 4) is 5.75 Å². The third kappa shape index (κ3) is 5.43. The molecule has 150 valence electrons. The molecular weight excluding hydrogens is 385 g/mol. The molecule has 0 atom stereocenters. The van der Waals surface area contributed by atoms with Crippen molar-refractivity contribution in [3.05, 3.63) is 59.9 Å². The van der Waals surface area contributed by atoms with Gasteiger partial charge in [0, 0.05) is 19.1 Å². The Morgan fingerprint density at radius 3 is 2.46 bits per heavy atom. The second-order valence-electron chi connectivity index (χ2n) is 6.44. The number of carbonyl (C=O) groups excluding carboxylic acids is 2. The van der Waals surface area contributed by atoms with Gasteiger partial charge in [-0.15, -0.1) is 12.4 Å². The van der Waals surface area contributed by atoms with Crippen molar-refractivity contribution in [2.24, 2.45) is 5.73 Å². The first-order chi connectivity index (χ1) is 13.0. The van der Waals surface area contributed by atoms with Gasteiger partial charge < -0.3 is 20.7 Å². The number of anilines is 1. The molecular formula is C20H23ClFN3O3. The average Bonchev–Trinajstić information content (AvgIpc) is 2.68. The second-order valence-corrected chi connectivity index (χ2v) is 6.44. The van der Waals surface area contributed by atoms with Gasteiger partial charge in [0.25, 0.3) is 11.8 Å². The normalized spacial score (nSPS) is 14.1. The van der Waals surface area contributed by atoms with Crippen LogP contribution in [0, 0.1) is 5.82 Å². The van der Waals surface area contributed by atoms with E-state index in [0.29, 0.717) is 24.4 Å². The molecule has 8 heteroatoms. The summed E-state index contributed by atoms with van der Waals surface area (Å²) in [4.78, 5) is 26.5. The van der Waals surface area contributed by atoms with Crippen LogP contribution < -0.4 is 15.8 Å². The van der Waals surface area contributed by atoms with Crippen molar-refractivity contribution < 1.29 is 18.7 Å². The summed E-state index contributed by atoms with van der Waals surface area (Å²) in [6.07, 6.45) is 1.53. The monoisotopic (exact) mass is 407 g/mol. The van der Waals surface area contributed by atoms with Gasteiger partial charge in [0.2, 0.25) is 0 Å². The highest BCUT2D eigenvalue weighted by molar-refractivity contribution is 5.97. The van der Waals surface area contributed by atoms with Crippen LogP contribution in [0.15, 0.2) is 48.5 Å². The van der Waals surface area contributed by atoms with Gasteiger partial charge >= 0.3 is 0 Å². The van der Waals surface area contributed by atoms with Crippen molar-refractivity contribution >= 4 is 29.9 Å². The van der Waals surface area contributed by atoms with Crippen LogP contribution in [0.3, 0.4) is 0 Å². The Balaban J connectivity index is 0.00000280. The molecule has 6 nitrogen and oxygen atoms in total. The number of para-hydroxylation sites is 2. The summed E-state index contributed by atoms with van der Waals surface area (Å²) < 4.78 is 19.1. The SMILES string of the molecule is Cl.NC1CCN(C(=O)c2ccccc2OCC(=O)Nc2ccccc2F)CC1. The highest BCUT2D eigenvalue weighted by atomic mass is 35.5. The van der Waals surface area contributed by atoms with Gasteiger partial charge in [-0.1, -0.05) is 24.3 Å². The molecule has 0 aromatic heterocycles. The van der Waals surface area contributed by atoms with Crippen LogP contribution >= 0.6 is 12.4 Å². The molecule has 1 fully saturated rings. The van der Waals surface area contributed by atoms with Crippen LogP contribution in [0.4, 0.5) is 10.1 Å². The van der Waals surface area contributed by atoms with Gasteiger partial charge in [0.05, 0.1) is 11.3 Å². The van der Waals surface area contributed by atoms with E-state index in [4.69, 9.17) is 10.5 Å². The minimum Gasteiger partial charge on any atom is -0.483 e. The molecule has 0 aliphatic carbocycles. The number of rotatable bonds is 5. The Labute approximate surface area is 169 Å². The lowest BCUT2D eigenvalue weighted by atomic mass is 10.0. The van der Waals surface area contributed by atoms with Crippen molar-refractivity contribution in [1.82, 2.24) is 4.90 Å². The zero-order chi connectivity index (χ0) is 19.2. The van der Waals surface area contributed by atoms with Crippen molar-refractivity contribution in [2.45, 2.75) is 18.9 Å². The molecule has 3 N–H and O–H groups in total. The molecule has 3 rings (SSSR count). The molecule has 0 spiro atoms. The van der Waals surface area contributed by atoms with E-state index in [9.17, 15) is 14.0 Å². The molecule has 0 unspecified atom stereocenters. The van der Waals surface area contributed by atoms with E-state index in [-0.39, 0.29) is 36.7 Å². The lowest BCUT2D eigenvalue weighted by Gasteiger charge is -2.30. The van der Waals surface area contributed by atoms with Gasteiger partial charge in [-0.05, 0) is 37.1 Å². The van der Waals surface area contributed by atoms with Crippen LogP contribution in [-0.4, -0.2) is 42.5 Å². The van der Waals surface area contributed by atoms with E-state index in [1.165, 1.54) is 18.2 Å². The number of halogens is 2. The van der Waals surface area contributed by atoms with Gasteiger partial charge in [-0.25, -0.2) is 4.39 Å². The molecule has 28 heavy (non-hydrogen) atoms. The van der Waals surface area contributed by atoms with Gasteiger partial charge in [-0.3, -0.25) is 9.59 Å². The highest BCUT2D eigenvalue weighted by Crippen LogP contribution is 2.22. The number of piperidine rings is 1. The Morgan fingerprint density at radius 1 is 1.11 bits per heavy atom. The van der Waals surface area contributed by atoms with Crippen LogP contribution in [0.2, 0.25) is 0 Å². The summed E-state index contributed by atoms with van der Waals surface area (Å²) in [5, 5.41) is 2.45. The average molecular weight is 408 g/mol. The van der Waals surface area contributed by atoms with E-state index in [0.717, 1.165) is 12.8 Å². The van der Waals surface area contributed by atoms with E-state index in [1.807, 2.05) is 0 Å². The van der Waals surface area contributed by atoms with Crippen LogP contribution in [0.5, 0.6) is 5.75 Å². The quantitative estimate of drug-likeness (QED) is 0.798. The summed E-state index contributed by atoms with van der Waals surface area (Å²) in [5.74, 6) is -0.857. The van der Waals surface area contributed by atoms with E-state index in [2.05, 4.69) is 5.32 Å². The largest absolute Gasteiger partial charge is 0.483 e. The lowest BCUT2D eigenvalue weighted by molar-refractivity contribution is -0.118. The van der Waals surface area contributed by atoms with Crippen LogP contribution in [-0.2, 0) is 4.79 Å². The van der Waals surface area contributed by atoms with Gasteiger partial charge in [0.1, 0.15) is 11.6 Å². The maximum Gasteiger partial charge on any atom is 0.262 e. The lowest BCUT2D eigenvalue weighted by Crippen LogP contribution is -2.43. The van der Waals surface area contributed by atoms with E-state index < -0.39 is 11.7 Å². The molecule has 0 saturated carbocycles. The van der Waals surface area contributed by atoms with Gasteiger partial charge in [0.15, 0.2) is 6.61 Å². The van der Waals surface area contributed by atoms with E-state index in [1.54, 1.807) is 35.2 Å². The molecule has 1 saturated heterocycles. The zero-order valence-electron chi connectivity index (χ0n) is 15.3. The van der Waals surface area contributed by atoms with Gasteiger partial charge in [-0.2, -0.15) is 0 Å². The molecule has 1 heterocycles. The maximum atomic E-state index is 13.6. The number of carbonyl (C=O) groups is 2. The van der Waals surface area contributed by atoms with Crippen LogP contribution in [0.1, 0.15) is 23.2 Å². The predicted molar refractivity (Wildman–Crippen MR) is 107 cm³/mol. The Bertz CT molecular complexity index is 826. The van der Waals surface area contributed by atoms with Crippen LogP contribution in [0.25, 0.3) is 0 Å². The molecule has 1 aliphatic heterocycles. The number of hydrogen-bond acceptors (Lipinski definition) is 4. The summed E-state index contributed by atoms with van der Waals surface area (Å²) >= 11 is 0. The Kier molecular flexibility index (Phi) is 7.78. The molecule has 2 amide bonds. The fourth-order valence-corrected chi connectivity index (χ4v) is 2.93. The van der Waals surface area contributed by atoms with Crippen molar-refractivity contribution in [1.29, 1.82) is 0 Å². The third-order valence-corrected chi connectivity index (χ3v) is 4.45. The smallest absolute Gasteiger partial charge is 0.262 e. The zero-order valence-corrected chi connectivity index (χ0v) is 16.1. The van der Waals surface area contributed by atoms with Crippen molar-refractivity contribution in [3.63, 3.8) is 0 Å². The maximum absolute atomic E-state index is 13.6. The van der Waals surface area contributed by atoms with Crippen molar-refractivity contribution in [2.75, 3.05) is 25.0 Å². The van der Waals surface area contributed by atoms with E-state index >= 15 is 0 Å². The minimum atomic E-state index is -0.523. The number of nitrogens with one attached hydrogen (secondary N) is 1. The number of ether oxygens (including phenoxy) is 1. The first-order valence-corrected chi connectivity index (χ1v) is 8.85. The Morgan fingerprint density at radius 2 is 1.75 bits per heavy atom. The highest BCUT2D eigenvalue weighted by Gasteiger charge is 2.24. The molecule has 0 bridgehead atoms. The molecule has 0 radical (unpaired) electrons. The number of benzene rings is 2. The fourth-order valence-electron chi connectivity index (χ4n) is 2.93. The standard InChI is InChI=1S/C20H22FN3O3.ClH/c21-16-6-2-3-7-17(16)23-19(25)13-27-18-8-4-1-5-15(18)20(26)24-11-9-14(22)10-12-24;/h1-8,14H,9-13,22H2,(H,23,25);1H. The third-order valence-electron chi connectivity index (χ3n) is 4.45. The number of nitrogens with two attached hydrogens (primary N) is 1. The predicted octanol–water partition coefficient (Wildman–Crippen LogP) is 2.83. The summed E-state index contributed by atoms with van der Waals surface area (Å²) in [5.41, 5.74) is 6.37. The molecule has 2 aromatic carbocycles. The first-order valence-electron chi connectivity index (χ1n) is 8.85. The topological polar surface area (TPSA) is 84.7 Å². The molecule has 2 aromatic rings. The Hall–Kier alpha value is -2.64.